The summed E-state index contributed by atoms with van der Waals surface area (Å²) in [5.41, 5.74) is 0.998. The maximum atomic E-state index is 13.2. The Morgan fingerprint density at radius 1 is 1.09 bits per heavy atom. The van der Waals surface area contributed by atoms with Crippen molar-refractivity contribution >= 4 is 23.5 Å². The molecule has 0 aliphatic carbocycles. The van der Waals surface area contributed by atoms with Crippen LogP contribution in [0.2, 0.25) is 0 Å². The molecule has 2 aromatic carbocycles. The van der Waals surface area contributed by atoms with Crippen molar-refractivity contribution in [2.24, 2.45) is 0 Å². The SMILES string of the molecule is O=C(Nc1ccc(F)c(F)c1)N1CCSC1c1ccc(F)cc1. The van der Waals surface area contributed by atoms with Gasteiger partial charge in [-0.3, -0.25) is 0 Å². The first-order valence-electron chi connectivity index (χ1n) is 6.94. The van der Waals surface area contributed by atoms with Gasteiger partial charge in [-0.1, -0.05) is 12.1 Å². The van der Waals surface area contributed by atoms with Crippen molar-refractivity contribution in [3.63, 3.8) is 0 Å². The lowest BCUT2D eigenvalue weighted by Crippen LogP contribution is -2.34. The first kappa shape index (κ1) is 15.7. The van der Waals surface area contributed by atoms with Crippen LogP contribution in [-0.2, 0) is 0 Å². The van der Waals surface area contributed by atoms with Crippen LogP contribution in [-0.4, -0.2) is 23.2 Å². The second-order valence-corrected chi connectivity index (χ2v) is 6.22. The van der Waals surface area contributed by atoms with Crippen LogP contribution < -0.4 is 5.32 Å². The average Bonchev–Trinajstić information content (AvgIpc) is 3.01. The predicted molar refractivity (Wildman–Crippen MR) is 83.7 cm³/mol. The van der Waals surface area contributed by atoms with Crippen molar-refractivity contribution in [3.8, 4) is 0 Å². The smallest absolute Gasteiger partial charge is 0.308 e. The van der Waals surface area contributed by atoms with E-state index in [0.29, 0.717) is 6.54 Å². The molecule has 1 aliphatic rings. The monoisotopic (exact) mass is 338 g/mol. The van der Waals surface area contributed by atoms with E-state index >= 15 is 0 Å². The molecule has 3 nitrogen and oxygen atoms in total. The second kappa shape index (κ2) is 6.54. The van der Waals surface area contributed by atoms with E-state index in [4.69, 9.17) is 0 Å². The molecular weight excluding hydrogens is 325 g/mol. The molecule has 2 aromatic rings. The Kier molecular flexibility index (Phi) is 4.47. The molecule has 1 fully saturated rings. The third-order valence-corrected chi connectivity index (χ3v) is 4.74. The molecule has 1 saturated heterocycles. The van der Waals surface area contributed by atoms with Crippen molar-refractivity contribution in [1.82, 2.24) is 4.90 Å². The number of thioether (sulfide) groups is 1. The third-order valence-electron chi connectivity index (χ3n) is 3.48. The summed E-state index contributed by atoms with van der Waals surface area (Å²) in [6.45, 7) is 0.516. The van der Waals surface area contributed by atoms with Crippen LogP contribution in [0.3, 0.4) is 0 Å². The molecule has 120 valence electrons. The van der Waals surface area contributed by atoms with Gasteiger partial charge in [-0.15, -0.1) is 11.8 Å². The molecular formula is C16H13F3N2OS. The molecule has 1 unspecified atom stereocenters. The van der Waals surface area contributed by atoms with Gasteiger partial charge < -0.3 is 10.2 Å². The fraction of sp³-hybridized carbons (Fsp3) is 0.188. The fourth-order valence-corrected chi connectivity index (χ4v) is 3.61. The predicted octanol–water partition coefficient (Wildman–Crippen LogP) is 4.38. The van der Waals surface area contributed by atoms with E-state index in [1.165, 1.54) is 18.2 Å². The second-order valence-electron chi connectivity index (χ2n) is 5.03. The van der Waals surface area contributed by atoms with Crippen LogP contribution in [0.1, 0.15) is 10.9 Å². The van der Waals surface area contributed by atoms with E-state index in [-0.39, 0.29) is 16.9 Å². The molecule has 1 N–H and O–H groups in total. The van der Waals surface area contributed by atoms with Crippen LogP contribution in [0, 0.1) is 17.5 Å². The molecule has 1 aliphatic heterocycles. The summed E-state index contributed by atoms with van der Waals surface area (Å²) in [5.74, 6) is -1.58. The minimum atomic E-state index is -1.02. The largest absolute Gasteiger partial charge is 0.323 e. The Balaban J connectivity index is 1.75. The van der Waals surface area contributed by atoms with Gasteiger partial charge in [0.25, 0.3) is 0 Å². The normalized spacial score (nSPS) is 17.3. The Labute approximate surface area is 135 Å². The van der Waals surface area contributed by atoms with Crippen LogP contribution in [0.4, 0.5) is 23.7 Å². The van der Waals surface area contributed by atoms with Crippen molar-refractivity contribution in [2.75, 3.05) is 17.6 Å². The summed E-state index contributed by atoms with van der Waals surface area (Å²) in [4.78, 5) is 14.0. The summed E-state index contributed by atoms with van der Waals surface area (Å²) >= 11 is 1.56. The number of urea groups is 1. The molecule has 3 rings (SSSR count). The zero-order valence-electron chi connectivity index (χ0n) is 11.9. The Morgan fingerprint density at radius 2 is 1.83 bits per heavy atom. The minimum Gasteiger partial charge on any atom is -0.308 e. The van der Waals surface area contributed by atoms with Crippen LogP contribution in [0.25, 0.3) is 0 Å². The van der Waals surface area contributed by atoms with Gasteiger partial charge >= 0.3 is 6.03 Å². The number of hydrogen-bond donors (Lipinski definition) is 1. The molecule has 0 bridgehead atoms. The van der Waals surface area contributed by atoms with Gasteiger partial charge in [0.15, 0.2) is 11.6 Å². The maximum Gasteiger partial charge on any atom is 0.323 e. The number of hydrogen-bond acceptors (Lipinski definition) is 2. The molecule has 0 radical (unpaired) electrons. The average molecular weight is 338 g/mol. The molecule has 1 atom stereocenters. The van der Waals surface area contributed by atoms with Crippen molar-refractivity contribution in [2.45, 2.75) is 5.37 Å². The number of nitrogens with zero attached hydrogens (tertiary/aromatic N) is 1. The first-order chi connectivity index (χ1) is 11.0. The minimum absolute atomic E-state index is 0.184. The number of anilines is 1. The van der Waals surface area contributed by atoms with E-state index in [1.54, 1.807) is 28.8 Å². The van der Waals surface area contributed by atoms with Gasteiger partial charge in [0.2, 0.25) is 0 Å². The molecule has 0 aromatic heterocycles. The number of carbonyl (C=O) groups excluding carboxylic acids is 1. The topological polar surface area (TPSA) is 32.3 Å². The van der Waals surface area contributed by atoms with E-state index in [0.717, 1.165) is 23.4 Å². The zero-order chi connectivity index (χ0) is 16.4. The molecule has 0 saturated carbocycles. The quantitative estimate of drug-likeness (QED) is 0.881. The Bertz CT molecular complexity index is 724. The molecule has 23 heavy (non-hydrogen) atoms. The summed E-state index contributed by atoms with van der Waals surface area (Å²) in [6, 6.07) is 8.75. The van der Waals surface area contributed by atoms with Gasteiger partial charge in [0, 0.05) is 24.1 Å². The zero-order valence-corrected chi connectivity index (χ0v) is 12.7. The summed E-state index contributed by atoms with van der Waals surface area (Å²) < 4.78 is 39.1. The number of carbonyl (C=O) groups is 1. The van der Waals surface area contributed by atoms with Gasteiger partial charge in [0.1, 0.15) is 11.2 Å². The summed E-state index contributed by atoms with van der Waals surface area (Å²) in [5, 5.41) is 2.32. The van der Waals surface area contributed by atoms with Gasteiger partial charge in [-0.2, -0.15) is 0 Å². The van der Waals surface area contributed by atoms with Crippen molar-refractivity contribution < 1.29 is 18.0 Å². The Morgan fingerprint density at radius 3 is 2.52 bits per heavy atom. The molecule has 7 heteroatoms. The number of amides is 2. The van der Waals surface area contributed by atoms with Crippen LogP contribution in [0.5, 0.6) is 0 Å². The first-order valence-corrected chi connectivity index (χ1v) is 7.99. The Hall–Kier alpha value is -2.15. The number of halogens is 3. The highest BCUT2D eigenvalue weighted by Crippen LogP contribution is 2.38. The van der Waals surface area contributed by atoms with Crippen molar-refractivity contribution in [3.05, 3.63) is 65.5 Å². The lowest BCUT2D eigenvalue weighted by atomic mass is 10.2. The third kappa shape index (κ3) is 3.44. The van der Waals surface area contributed by atoms with Crippen molar-refractivity contribution in [1.29, 1.82) is 0 Å². The summed E-state index contributed by atoms with van der Waals surface area (Å²) in [6.07, 6.45) is 0. The van der Waals surface area contributed by atoms with Gasteiger partial charge in [-0.05, 0) is 29.8 Å². The fourth-order valence-electron chi connectivity index (χ4n) is 2.35. The highest BCUT2D eigenvalue weighted by molar-refractivity contribution is 7.99. The lowest BCUT2D eigenvalue weighted by Gasteiger charge is -2.24. The van der Waals surface area contributed by atoms with E-state index in [1.807, 2.05) is 0 Å². The number of rotatable bonds is 2. The summed E-state index contributed by atoms with van der Waals surface area (Å²) in [7, 11) is 0. The molecule has 1 heterocycles. The number of nitrogens with one attached hydrogen (secondary N) is 1. The molecule has 0 spiro atoms. The molecule has 2 amide bonds. The number of benzene rings is 2. The standard InChI is InChI=1S/C16H13F3N2OS/c17-11-3-1-10(2-4-11)15-21(7-8-23-15)16(22)20-12-5-6-13(18)14(19)9-12/h1-6,9,15H,7-8H2,(H,20,22). The van der Waals surface area contributed by atoms with Gasteiger partial charge in [0.05, 0.1) is 0 Å². The van der Waals surface area contributed by atoms with E-state index in [9.17, 15) is 18.0 Å². The van der Waals surface area contributed by atoms with E-state index in [2.05, 4.69) is 5.32 Å². The lowest BCUT2D eigenvalue weighted by molar-refractivity contribution is 0.214. The van der Waals surface area contributed by atoms with Crippen LogP contribution in [0.15, 0.2) is 42.5 Å². The highest BCUT2D eigenvalue weighted by Gasteiger charge is 2.30. The maximum absolute atomic E-state index is 13.2. The van der Waals surface area contributed by atoms with Gasteiger partial charge in [-0.25, -0.2) is 18.0 Å². The van der Waals surface area contributed by atoms with Crippen LogP contribution >= 0.6 is 11.8 Å². The van der Waals surface area contributed by atoms with E-state index < -0.39 is 17.7 Å². The highest BCUT2D eigenvalue weighted by atomic mass is 32.2.